The van der Waals surface area contributed by atoms with E-state index in [1.807, 2.05) is 14.1 Å². The van der Waals surface area contributed by atoms with Crippen LogP contribution < -0.4 is 5.11 Å². The lowest BCUT2D eigenvalue weighted by molar-refractivity contribution is -0.898. The summed E-state index contributed by atoms with van der Waals surface area (Å²) in [6.45, 7) is 5.13. The van der Waals surface area contributed by atoms with Gasteiger partial charge in [-0.15, -0.1) is 0 Å². The fraction of sp³-hybridized carbons (Fsp3) is 0.533. The van der Waals surface area contributed by atoms with Crippen LogP contribution in [-0.2, 0) is 11.3 Å². The van der Waals surface area contributed by atoms with Crippen molar-refractivity contribution >= 4 is 5.97 Å². The van der Waals surface area contributed by atoms with Gasteiger partial charge in [-0.05, 0) is 17.9 Å². The van der Waals surface area contributed by atoms with Gasteiger partial charge >= 0.3 is 0 Å². The molecule has 1 atom stereocenters. The standard InChI is InChI=1S/C15H23NO2/c1-5-12(2)14-8-6-13(7-9-14)10-16(3,4)11-15(17)18/h6-9,12H,5,10-11H2,1-4H3. The summed E-state index contributed by atoms with van der Waals surface area (Å²) < 4.78 is 0.408. The second kappa shape index (κ2) is 6.01. The molecule has 0 N–H and O–H groups in total. The van der Waals surface area contributed by atoms with E-state index in [4.69, 9.17) is 0 Å². The first-order valence-corrected chi connectivity index (χ1v) is 6.44. The molecule has 1 rings (SSSR count). The van der Waals surface area contributed by atoms with E-state index in [1.54, 1.807) is 0 Å². The number of carbonyl (C=O) groups is 1. The predicted molar refractivity (Wildman–Crippen MR) is 70.8 cm³/mol. The molecule has 0 aromatic heterocycles. The Hall–Kier alpha value is -1.35. The number of hydrogen-bond acceptors (Lipinski definition) is 2. The van der Waals surface area contributed by atoms with Gasteiger partial charge in [-0.2, -0.15) is 0 Å². The molecule has 3 nitrogen and oxygen atoms in total. The molecule has 0 bridgehead atoms. The Labute approximate surface area is 110 Å². The van der Waals surface area contributed by atoms with E-state index in [0.29, 0.717) is 16.9 Å². The number of rotatable bonds is 6. The lowest BCUT2D eigenvalue weighted by Crippen LogP contribution is -2.47. The molecule has 1 unspecified atom stereocenters. The Balaban J connectivity index is 2.71. The monoisotopic (exact) mass is 249 g/mol. The molecule has 18 heavy (non-hydrogen) atoms. The quantitative estimate of drug-likeness (QED) is 0.717. The van der Waals surface area contributed by atoms with Gasteiger partial charge in [0.25, 0.3) is 0 Å². The van der Waals surface area contributed by atoms with Crippen LogP contribution in [0, 0.1) is 0 Å². The van der Waals surface area contributed by atoms with Crippen LogP contribution in [0.4, 0.5) is 0 Å². The van der Waals surface area contributed by atoms with E-state index in [0.717, 1.165) is 12.0 Å². The maximum Gasteiger partial charge on any atom is 0.119 e. The molecular formula is C15H23NO2. The molecule has 0 aliphatic heterocycles. The summed E-state index contributed by atoms with van der Waals surface area (Å²) in [5, 5.41) is 10.7. The third-order valence-corrected chi connectivity index (χ3v) is 3.33. The molecule has 1 aromatic carbocycles. The Morgan fingerprint density at radius 1 is 1.28 bits per heavy atom. The maximum absolute atomic E-state index is 10.7. The highest BCUT2D eigenvalue weighted by molar-refractivity contribution is 5.65. The molecule has 0 aliphatic rings. The topological polar surface area (TPSA) is 40.1 Å². The van der Waals surface area contributed by atoms with Gasteiger partial charge < -0.3 is 14.4 Å². The van der Waals surface area contributed by atoms with Gasteiger partial charge in [-0.25, -0.2) is 0 Å². The van der Waals surface area contributed by atoms with E-state index in [-0.39, 0.29) is 6.54 Å². The van der Waals surface area contributed by atoms with Gasteiger partial charge in [0.2, 0.25) is 0 Å². The van der Waals surface area contributed by atoms with Crippen LogP contribution in [-0.4, -0.2) is 31.1 Å². The largest absolute Gasteiger partial charge is 0.544 e. The number of hydrogen-bond donors (Lipinski definition) is 0. The van der Waals surface area contributed by atoms with Crippen molar-refractivity contribution in [3.05, 3.63) is 35.4 Å². The summed E-state index contributed by atoms with van der Waals surface area (Å²) in [6, 6.07) is 8.47. The van der Waals surface area contributed by atoms with Crippen molar-refractivity contribution in [2.24, 2.45) is 0 Å². The zero-order valence-corrected chi connectivity index (χ0v) is 11.8. The van der Waals surface area contributed by atoms with E-state index in [2.05, 4.69) is 38.1 Å². The minimum absolute atomic E-state index is 0.0348. The molecule has 0 saturated carbocycles. The summed E-state index contributed by atoms with van der Waals surface area (Å²) in [6.07, 6.45) is 1.13. The van der Waals surface area contributed by atoms with E-state index >= 15 is 0 Å². The normalized spacial score (nSPS) is 13.3. The number of aliphatic carboxylic acids is 1. The number of quaternary nitrogens is 1. The lowest BCUT2D eigenvalue weighted by atomic mass is 9.97. The third-order valence-electron chi connectivity index (χ3n) is 3.33. The third kappa shape index (κ3) is 4.49. The van der Waals surface area contributed by atoms with Crippen LogP contribution in [0.1, 0.15) is 37.3 Å². The fourth-order valence-corrected chi connectivity index (χ4v) is 2.09. The van der Waals surface area contributed by atoms with E-state index < -0.39 is 5.97 Å². The van der Waals surface area contributed by atoms with Crippen molar-refractivity contribution in [2.45, 2.75) is 32.7 Å². The smallest absolute Gasteiger partial charge is 0.119 e. The zero-order chi connectivity index (χ0) is 13.8. The number of carboxylic acid groups (broad SMARTS) is 1. The van der Waals surface area contributed by atoms with Crippen molar-refractivity contribution in [3.8, 4) is 0 Å². The summed E-state index contributed by atoms with van der Waals surface area (Å²) in [5.41, 5.74) is 2.50. The van der Waals surface area contributed by atoms with Crippen LogP contribution in [0.3, 0.4) is 0 Å². The SMILES string of the molecule is CCC(C)c1ccc(C[N+](C)(C)CC(=O)[O-])cc1. The Bertz CT molecular complexity index is 395. The van der Waals surface area contributed by atoms with Crippen LogP contribution in [0.15, 0.2) is 24.3 Å². The Morgan fingerprint density at radius 2 is 1.83 bits per heavy atom. The van der Waals surface area contributed by atoms with Crippen molar-refractivity contribution < 1.29 is 14.4 Å². The van der Waals surface area contributed by atoms with Gasteiger partial charge in [0.1, 0.15) is 13.1 Å². The predicted octanol–water partition coefficient (Wildman–Crippen LogP) is 1.53. The summed E-state index contributed by atoms with van der Waals surface area (Å²) >= 11 is 0. The van der Waals surface area contributed by atoms with Crippen LogP contribution in [0.2, 0.25) is 0 Å². The van der Waals surface area contributed by atoms with Crippen LogP contribution in [0.25, 0.3) is 0 Å². The van der Waals surface area contributed by atoms with Crippen LogP contribution >= 0.6 is 0 Å². The molecule has 0 radical (unpaired) electrons. The average molecular weight is 249 g/mol. The molecular weight excluding hydrogens is 226 g/mol. The molecule has 0 aliphatic carbocycles. The highest BCUT2D eigenvalue weighted by Gasteiger charge is 2.16. The number of carboxylic acids is 1. The van der Waals surface area contributed by atoms with Crippen molar-refractivity contribution in [1.29, 1.82) is 0 Å². The molecule has 0 fully saturated rings. The van der Waals surface area contributed by atoms with Gasteiger partial charge in [-0.3, -0.25) is 0 Å². The van der Waals surface area contributed by atoms with E-state index in [9.17, 15) is 9.90 Å². The minimum Gasteiger partial charge on any atom is -0.544 e. The molecule has 0 heterocycles. The van der Waals surface area contributed by atoms with Crippen molar-refractivity contribution in [3.63, 3.8) is 0 Å². The van der Waals surface area contributed by atoms with Gasteiger partial charge in [0.15, 0.2) is 0 Å². The number of nitrogens with zero attached hydrogens (tertiary/aromatic N) is 1. The van der Waals surface area contributed by atoms with Gasteiger partial charge in [0.05, 0.1) is 20.1 Å². The first kappa shape index (κ1) is 14.7. The van der Waals surface area contributed by atoms with Gasteiger partial charge in [-0.1, -0.05) is 38.1 Å². The number of likely N-dealkylation sites (N-methyl/N-ethyl adjacent to an activating group) is 1. The molecule has 0 spiro atoms. The molecule has 0 saturated heterocycles. The molecule has 100 valence electrons. The first-order chi connectivity index (χ1) is 8.34. The summed E-state index contributed by atoms with van der Waals surface area (Å²) in [7, 11) is 3.80. The lowest BCUT2D eigenvalue weighted by Gasteiger charge is -2.30. The Morgan fingerprint density at radius 3 is 2.28 bits per heavy atom. The van der Waals surface area contributed by atoms with Crippen molar-refractivity contribution in [2.75, 3.05) is 20.6 Å². The molecule has 3 heteroatoms. The Kier molecular flexibility index (Phi) is 4.91. The molecule has 0 amide bonds. The highest BCUT2D eigenvalue weighted by atomic mass is 16.4. The second-order valence-corrected chi connectivity index (χ2v) is 5.67. The number of benzene rings is 1. The number of carbonyl (C=O) groups excluding carboxylic acids is 1. The summed E-state index contributed by atoms with van der Waals surface area (Å²) in [4.78, 5) is 10.7. The zero-order valence-electron chi connectivity index (χ0n) is 11.8. The second-order valence-electron chi connectivity index (χ2n) is 5.67. The fourth-order valence-electron chi connectivity index (χ4n) is 2.09. The maximum atomic E-state index is 10.7. The van der Waals surface area contributed by atoms with Crippen molar-refractivity contribution in [1.82, 2.24) is 0 Å². The van der Waals surface area contributed by atoms with Crippen LogP contribution in [0.5, 0.6) is 0 Å². The minimum atomic E-state index is -1.00. The highest BCUT2D eigenvalue weighted by Crippen LogP contribution is 2.19. The summed E-state index contributed by atoms with van der Waals surface area (Å²) in [5.74, 6) is -0.430. The average Bonchev–Trinajstić information content (AvgIpc) is 2.26. The van der Waals surface area contributed by atoms with E-state index in [1.165, 1.54) is 5.56 Å². The van der Waals surface area contributed by atoms with Gasteiger partial charge in [0, 0.05) is 5.56 Å². The first-order valence-electron chi connectivity index (χ1n) is 6.44. The molecule has 1 aromatic rings.